The van der Waals surface area contributed by atoms with Gasteiger partial charge in [-0.05, 0) is 32.2 Å². The lowest BCUT2D eigenvalue weighted by Crippen LogP contribution is -2.60. The molecular formula is C12H24N2O. The quantitative estimate of drug-likeness (QED) is 0.640. The third-order valence-corrected chi connectivity index (χ3v) is 4.55. The van der Waals surface area contributed by atoms with Crippen LogP contribution in [0.2, 0.25) is 0 Å². The maximum atomic E-state index is 10.8. The van der Waals surface area contributed by atoms with Gasteiger partial charge in [0.25, 0.3) is 0 Å². The number of rotatable bonds is 2. The third-order valence-electron chi connectivity index (χ3n) is 4.55. The van der Waals surface area contributed by atoms with E-state index in [1.165, 1.54) is 19.3 Å². The van der Waals surface area contributed by atoms with Gasteiger partial charge in [0.2, 0.25) is 0 Å². The van der Waals surface area contributed by atoms with E-state index in [1.807, 2.05) is 0 Å². The highest BCUT2D eigenvalue weighted by molar-refractivity contribution is 5.03. The molecule has 0 aromatic carbocycles. The van der Waals surface area contributed by atoms with Crippen molar-refractivity contribution in [3.05, 3.63) is 0 Å². The van der Waals surface area contributed by atoms with E-state index in [0.29, 0.717) is 6.54 Å². The molecule has 0 radical (unpaired) electrons. The first-order valence-electron chi connectivity index (χ1n) is 6.36. The maximum Gasteiger partial charge on any atom is 0.0839 e. The molecule has 1 aliphatic heterocycles. The van der Waals surface area contributed by atoms with Gasteiger partial charge in [0.05, 0.1) is 5.60 Å². The number of aliphatic hydroxyl groups is 1. The van der Waals surface area contributed by atoms with Crippen molar-refractivity contribution in [2.75, 3.05) is 19.6 Å². The average Bonchev–Trinajstić information content (AvgIpc) is 2.31. The Morgan fingerprint density at radius 2 is 1.80 bits per heavy atom. The Hall–Kier alpha value is -0.120. The smallest absolute Gasteiger partial charge is 0.0839 e. The molecule has 2 aliphatic rings. The number of hydrogen-bond donors (Lipinski definition) is 3. The molecule has 1 atom stereocenters. The molecule has 0 aromatic heterocycles. The van der Waals surface area contributed by atoms with E-state index in [1.54, 1.807) is 0 Å². The number of hydrogen-bond acceptors (Lipinski definition) is 3. The van der Waals surface area contributed by atoms with Gasteiger partial charge in [-0.25, -0.2) is 0 Å². The van der Waals surface area contributed by atoms with E-state index >= 15 is 0 Å². The minimum absolute atomic E-state index is 0.00132. The molecule has 1 heterocycles. The molecule has 0 bridgehead atoms. The minimum atomic E-state index is -0.541. The Morgan fingerprint density at radius 1 is 1.07 bits per heavy atom. The van der Waals surface area contributed by atoms with Crippen molar-refractivity contribution in [3.8, 4) is 0 Å². The molecule has 3 heteroatoms. The first-order chi connectivity index (χ1) is 7.22. The fourth-order valence-electron chi connectivity index (χ4n) is 3.43. The van der Waals surface area contributed by atoms with Crippen LogP contribution >= 0.6 is 0 Å². The SMILES string of the molecule is NCC1(C2(O)CCCNC2)CCCCC1. The summed E-state index contributed by atoms with van der Waals surface area (Å²) in [5.74, 6) is 0. The third kappa shape index (κ3) is 1.93. The summed E-state index contributed by atoms with van der Waals surface area (Å²) in [5.41, 5.74) is 5.42. The van der Waals surface area contributed by atoms with Crippen molar-refractivity contribution >= 4 is 0 Å². The fraction of sp³-hybridized carbons (Fsp3) is 1.00. The summed E-state index contributed by atoms with van der Waals surface area (Å²) in [6.45, 7) is 2.43. The summed E-state index contributed by atoms with van der Waals surface area (Å²) in [5, 5.41) is 14.1. The normalized spacial score (nSPS) is 36.4. The van der Waals surface area contributed by atoms with E-state index in [2.05, 4.69) is 5.32 Å². The number of piperidine rings is 1. The van der Waals surface area contributed by atoms with Gasteiger partial charge in [-0.1, -0.05) is 19.3 Å². The second kappa shape index (κ2) is 4.40. The van der Waals surface area contributed by atoms with E-state index in [4.69, 9.17) is 5.73 Å². The van der Waals surface area contributed by atoms with Crippen LogP contribution in [0.25, 0.3) is 0 Å². The predicted molar refractivity (Wildman–Crippen MR) is 61.6 cm³/mol. The number of nitrogens with two attached hydrogens (primary N) is 1. The zero-order valence-corrected chi connectivity index (χ0v) is 9.60. The Labute approximate surface area is 92.4 Å². The van der Waals surface area contributed by atoms with E-state index in [0.717, 1.165) is 38.8 Å². The topological polar surface area (TPSA) is 58.3 Å². The average molecular weight is 212 g/mol. The maximum absolute atomic E-state index is 10.8. The summed E-state index contributed by atoms with van der Waals surface area (Å²) in [4.78, 5) is 0. The molecule has 1 aliphatic carbocycles. The van der Waals surface area contributed by atoms with Gasteiger partial charge in [0.1, 0.15) is 0 Å². The lowest BCUT2D eigenvalue weighted by atomic mass is 9.61. The van der Waals surface area contributed by atoms with Crippen LogP contribution in [0.15, 0.2) is 0 Å². The van der Waals surface area contributed by atoms with Crippen molar-refractivity contribution < 1.29 is 5.11 Å². The van der Waals surface area contributed by atoms with Crippen LogP contribution < -0.4 is 11.1 Å². The van der Waals surface area contributed by atoms with Crippen LogP contribution in [0.3, 0.4) is 0 Å². The van der Waals surface area contributed by atoms with E-state index < -0.39 is 5.60 Å². The van der Waals surface area contributed by atoms with Crippen molar-refractivity contribution in [1.82, 2.24) is 5.32 Å². The largest absolute Gasteiger partial charge is 0.388 e. The highest BCUT2D eigenvalue weighted by atomic mass is 16.3. The molecule has 2 rings (SSSR count). The van der Waals surface area contributed by atoms with Gasteiger partial charge in [0, 0.05) is 18.5 Å². The van der Waals surface area contributed by atoms with Crippen molar-refractivity contribution in [2.45, 2.75) is 50.5 Å². The zero-order chi connectivity index (χ0) is 10.8. The molecule has 4 N–H and O–H groups in total. The molecule has 1 unspecified atom stereocenters. The second-order valence-corrected chi connectivity index (χ2v) is 5.36. The summed E-state index contributed by atoms with van der Waals surface area (Å²) >= 11 is 0. The molecule has 3 nitrogen and oxygen atoms in total. The van der Waals surface area contributed by atoms with Crippen molar-refractivity contribution in [1.29, 1.82) is 0 Å². The summed E-state index contributed by atoms with van der Waals surface area (Å²) < 4.78 is 0. The van der Waals surface area contributed by atoms with E-state index in [9.17, 15) is 5.11 Å². The standard InChI is InChI=1S/C12H24N2O/c13-9-11(5-2-1-3-6-11)12(15)7-4-8-14-10-12/h14-15H,1-10,13H2. The Morgan fingerprint density at radius 3 is 2.33 bits per heavy atom. The first kappa shape index (κ1) is 11.4. The van der Waals surface area contributed by atoms with Crippen LogP contribution in [0.1, 0.15) is 44.9 Å². The van der Waals surface area contributed by atoms with Crippen LogP contribution in [0, 0.1) is 5.41 Å². The van der Waals surface area contributed by atoms with Crippen LogP contribution in [0.4, 0.5) is 0 Å². The monoisotopic (exact) mass is 212 g/mol. The van der Waals surface area contributed by atoms with Gasteiger partial charge in [-0.3, -0.25) is 0 Å². The lowest BCUT2D eigenvalue weighted by Gasteiger charge is -2.51. The predicted octanol–water partition coefficient (Wildman–Crippen LogP) is 1.01. The van der Waals surface area contributed by atoms with Gasteiger partial charge in [-0.15, -0.1) is 0 Å². The summed E-state index contributed by atoms with van der Waals surface area (Å²) in [6.07, 6.45) is 8.02. The molecule has 2 fully saturated rings. The zero-order valence-electron chi connectivity index (χ0n) is 9.60. The molecule has 88 valence electrons. The summed E-state index contributed by atoms with van der Waals surface area (Å²) in [6, 6.07) is 0. The number of nitrogens with one attached hydrogen (secondary N) is 1. The first-order valence-corrected chi connectivity index (χ1v) is 6.36. The molecular weight excluding hydrogens is 188 g/mol. The molecule has 1 saturated carbocycles. The highest BCUT2D eigenvalue weighted by Crippen LogP contribution is 2.46. The Kier molecular flexibility index (Phi) is 3.33. The second-order valence-electron chi connectivity index (χ2n) is 5.36. The molecule has 0 aromatic rings. The van der Waals surface area contributed by atoms with Crippen LogP contribution in [-0.4, -0.2) is 30.3 Å². The van der Waals surface area contributed by atoms with Gasteiger partial charge in [0.15, 0.2) is 0 Å². The highest BCUT2D eigenvalue weighted by Gasteiger charge is 2.49. The number of β-amino-alcohol motifs (C(OH)–C–C–N with tert-alkyl or cyclic N) is 1. The van der Waals surface area contributed by atoms with Crippen molar-refractivity contribution in [3.63, 3.8) is 0 Å². The van der Waals surface area contributed by atoms with Gasteiger partial charge in [-0.2, -0.15) is 0 Å². The molecule has 0 spiro atoms. The Bertz CT molecular complexity index is 206. The molecule has 0 amide bonds. The molecule has 1 saturated heterocycles. The van der Waals surface area contributed by atoms with Crippen LogP contribution in [-0.2, 0) is 0 Å². The summed E-state index contributed by atoms with van der Waals surface area (Å²) in [7, 11) is 0. The van der Waals surface area contributed by atoms with Crippen LogP contribution in [0.5, 0.6) is 0 Å². The lowest BCUT2D eigenvalue weighted by molar-refractivity contribution is -0.112. The van der Waals surface area contributed by atoms with Gasteiger partial charge >= 0.3 is 0 Å². The van der Waals surface area contributed by atoms with Crippen molar-refractivity contribution in [2.24, 2.45) is 11.1 Å². The molecule has 15 heavy (non-hydrogen) atoms. The Balaban J connectivity index is 2.15. The van der Waals surface area contributed by atoms with E-state index in [-0.39, 0.29) is 5.41 Å². The fourth-order valence-corrected chi connectivity index (χ4v) is 3.43. The van der Waals surface area contributed by atoms with Gasteiger partial charge < -0.3 is 16.2 Å². The minimum Gasteiger partial charge on any atom is -0.388 e.